The Hall–Kier alpha value is -2.93. The van der Waals surface area contributed by atoms with Crippen molar-refractivity contribution in [1.29, 1.82) is 0 Å². The summed E-state index contributed by atoms with van der Waals surface area (Å²) in [5.41, 5.74) is 2.00. The molecule has 6 nitrogen and oxygen atoms in total. The average molecular weight is 382 g/mol. The van der Waals surface area contributed by atoms with Gasteiger partial charge in [-0.1, -0.05) is 18.2 Å². The van der Waals surface area contributed by atoms with E-state index in [1.54, 1.807) is 29.5 Å². The van der Waals surface area contributed by atoms with Crippen LogP contribution < -0.4 is 10.3 Å². The third-order valence-electron chi connectivity index (χ3n) is 4.52. The largest absolute Gasteiger partial charge is 0.482 e. The number of rotatable bonds is 5. The lowest BCUT2D eigenvalue weighted by Gasteiger charge is -2.09. The summed E-state index contributed by atoms with van der Waals surface area (Å²) < 4.78 is 5.11. The summed E-state index contributed by atoms with van der Waals surface area (Å²) in [7, 11) is 0. The van der Waals surface area contributed by atoms with Gasteiger partial charge in [-0.3, -0.25) is 4.79 Å². The highest BCUT2D eigenvalue weighted by molar-refractivity contribution is 7.18. The Morgan fingerprint density at radius 2 is 2.00 bits per heavy atom. The van der Waals surface area contributed by atoms with Gasteiger partial charge in [-0.15, -0.1) is 11.3 Å². The fourth-order valence-electron chi connectivity index (χ4n) is 3.25. The summed E-state index contributed by atoms with van der Waals surface area (Å²) in [4.78, 5) is 32.6. The number of carboxylic acids is 1. The number of ether oxygens (including phenoxy) is 1. The summed E-state index contributed by atoms with van der Waals surface area (Å²) in [6.07, 6.45) is 7.93. The topological polar surface area (TPSA) is 92.3 Å². The van der Waals surface area contributed by atoms with Gasteiger partial charge in [0.1, 0.15) is 16.4 Å². The van der Waals surface area contributed by atoms with E-state index < -0.39 is 5.97 Å². The molecule has 2 heterocycles. The molecule has 2 N–H and O–H groups in total. The molecule has 0 saturated heterocycles. The summed E-state index contributed by atoms with van der Waals surface area (Å²) in [5.74, 6) is 0.00335. The van der Waals surface area contributed by atoms with Gasteiger partial charge >= 0.3 is 5.97 Å². The molecule has 0 fully saturated rings. The lowest BCUT2D eigenvalue weighted by Crippen LogP contribution is -2.11. The predicted molar refractivity (Wildman–Crippen MR) is 105 cm³/mol. The number of benzene rings is 1. The number of fused-ring (bicyclic) bond motifs is 3. The van der Waals surface area contributed by atoms with Crippen LogP contribution in [0.25, 0.3) is 22.4 Å². The first-order valence-corrected chi connectivity index (χ1v) is 9.59. The van der Waals surface area contributed by atoms with Gasteiger partial charge in [0.15, 0.2) is 6.61 Å². The molecule has 4 rings (SSSR count). The number of thiophene rings is 1. The van der Waals surface area contributed by atoms with Crippen molar-refractivity contribution in [3.8, 4) is 5.75 Å². The third-order valence-corrected chi connectivity index (χ3v) is 5.71. The molecule has 0 aliphatic heterocycles. The number of carboxylic acid groups (broad SMARTS) is 1. The minimum absolute atomic E-state index is 0.0727. The zero-order chi connectivity index (χ0) is 18.8. The molecule has 0 radical (unpaired) electrons. The number of aryl methyl sites for hydroxylation is 2. The second-order valence-electron chi connectivity index (χ2n) is 6.43. The van der Waals surface area contributed by atoms with E-state index in [9.17, 15) is 9.59 Å². The molecule has 2 aromatic heterocycles. The van der Waals surface area contributed by atoms with Crippen molar-refractivity contribution in [3.63, 3.8) is 0 Å². The van der Waals surface area contributed by atoms with Gasteiger partial charge in [-0.05, 0) is 55.0 Å². The summed E-state index contributed by atoms with van der Waals surface area (Å²) in [6.45, 7) is -0.370. The quantitative estimate of drug-likeness (QED) is 0.705. The van der Waals surface area contributed by atoms with E-state index in [0.717, 1.165) is 35.0 Å². The van der Waals surface area contributed by atoms with Crippen LogP contribution in [0.3, 0.4) is 0 Å². The van der Waals surface area contributed by atoms with Crippen LogP contribution in [0.2, 0.25) is 0 Å². The van der Waals surface area contributed by atoms with Crippen molar-refractivity contribution in [3.05, 3.63) is 56.4 Å². The van der Waals surface area contributed by atoms with Crippen molar-refractivity contribution < 1.29 is 14.6 Å². The van der Waals surface area contributed by atoms with Gasteiger partial charge in [-0.2, -0.15) is 0 Å². The maximum absolute atomic E-state index is 12.5. The number of nitrogens with zero attached hydrogens (tertiary/aromatic N) is 1. The number of carbonyl (C=O) groups is 1. The second-order valence-corrected chi connectivity index (χ2v) is 7.51. The first-order valence-electron chi connectivity index (χ1n) is 8.77. The van der Waals surface area contributed by atoms with E-state index in [4.69, 9.17) is 9.84 Å². The van der Waals surface area contributed by atoms with Crippen molar-refractivity contribution in [2.45, 2.75) is 25.7 Å². The number of aliphatic carboxylic acids is 1. The maximum atomic E-state index is 12.5. The van der Waals surface area contributed by atoms with E-state index in [1.165, 1.54) is 16.9 Å². The Bertz CT molecular complexity index is 1080. The lowest BCUT2D eigenvalue weighted by atomic mass is 9.97. The summed E-state index contributed by atoms with van der Waals surface area (Å²) >= 11 is 1.63. The van der Waals surface area contributed by atoms with E-state index in [1.807, 2.05) is 18.2 Å². The maximum Gasteiger partial charge on any atom is 0.341 e. The summed E-state index contributed by atoms with van der Waals surface area (Å²) in [5, 5.41) is 9.38. The molecule has 0 saturated carbocycles. The molecule has 0 bridgehead atoms. The first kappa shape index (κ1) is 17.5. The molecule has 7 heteroatoms. The minimum atomic E-state index is -1.01. The van der Waals surface area contributed by atoms with Gasteiger partial charge in [-0.25, -0.2) is 9.78 Å². The zero-order valence-corrected chi connectivity index (χ0v) is 15.3. The molecule has 0 spiro atoms. The minimum Gasteiger partial charge on any atom is -0.482 e. The van der Waals surface area contributed by atoms with Crippen LogP contribution in [-0.2, 0) is 17.6 Å². The number of nitrogens with one attached hydrogen (secondary N) is 1. The van der Waals surface area contributed by atoms with Crippen molar-refractivity contribution in [2.24, 2.45) is 0 Å². The molecule has 138 valence electrons. The van der Waals surface area contributed by atoms with Crippen LogP contribution >= 0.6 is 11.3 Å². The molecule has 0 amide bonds. The van der Waals surface area contributed by atoms with Crippen LogP contribution in [0.4, 0.5) is 0 Å². The van der Waals surface area contributed by atoms with Crippen LogP contribution in [0.1, 0.15) is 34.7 Å². The highest BCUT2D eigenvalue weighted by Crippen LogP contribution is 2.33. The number of hydrogen-bond acceptors (Lipinski definition) is 5. The van der Waals surface area contributed by atoms with Gasteiger partial charge in [0, 0.05) is 4.88 Å². The molecular formula is C20H18N2O4S. The monoisotopic (exact) mass is 382 g/mol. The number of hydrogen-bond donors (Lipinski definition) is 2. The van der Waals surface area contributed by atoms with Crippen LogP contribution in [-0.4, -0.2) is 27.7 Å². The third kappa shape index (κ3) is 3.78. The highest BCUT2D eigenvalue weighted by atomic mass is 32.1. The Morgan fingerprint density at radius 1 is 1.22 bits per heavy atom. The average Bonchev–Trinajstić information content (AvgIpc) is 3.04. The molecular weight excluding hydrogens is 364 g/mol. The normalized spacial score (nSPS) is 13.8. The van der Waals surface area contributed by atoms with Gasteiger partial charge < -0.3 is 14.8 Å². The fourth-order valence-corrected chi connectivity index (χ4v) is 4.52. The van der Waals surface area contributed by atoms with Gasteiger partial charge in [0.25, 0.3) is 5.56 Å². The van der Waals surface area contributed by atoms with Crippen molar-refractivity contribution in [2.75, 3.05) is 6.61 Å². The Labute approximate surface area is 159 Å². The van der Waals surface area contributed by atoms with E-state index in [-0.39, 0.29) is 12.2 Å². The first-order chi connectivity index (χ1) is 13.1. The van der Waals surface area contributed by atoms with Gasteiger partial charge in [0.2, 0.25) is 0 Å². The van der Waals surface area contributed by atoms with Gasteiger partial charge in [0.05, 0.1) is 5.39 Å². The number of aromatic nitrogens is 2. The Kier molecular flexibility index (Phi) is 4.77. The molecule has 0 unspecified atom stereocenters. The molecule has 3 aromatic rings. The molecule has 1 aliphatic carbocycles. The van der Waals surface area contributed by atoms with Crippen LogP contribution in [0, 0.1) is 0 Å². The van der Waals surface area contributed by atoms with E-state index in [2.05, 4.69) is 9.97 Å². The van der Waals surface area contributed by atoms with E-state index in [0.29, 0.717) is 11.6 Å². The number of aromatic amines is 1. The van der Waals surface area contributed by atoms with Crippen LogP contribution in [0.5, 0.6) is 5.75 Å². The predicted octanol–water partition coefficient (Wildman–Crippen LogP) is 3.50. The second kappa shape index (κ2) is 7.36. The molecule has 27 heavy (non-hydrogen) atoms. The van der Waals surface area contributed by atoms with E-state index >= 15 is 0 Å². The van der Waals surface area contributed by atoms with Crippen molar-refractivity contribution in [1.82, 2.24) is 9.97 Å². The molecule has 1 aliphatic rings. The summed E-state index contributed by atoms with van der Waals surface area (Å²) in [6, 6.07) is 7.03. The lowest BCUT2D eigenvalue weighted by molar-refractivity contribution is -0.139. The highest BCUT2D eigenvalue weighted by Gasteiger charge is 2.19. The fraction of sp³-hybridized carbons (Fsp3) is 0.250. The number of H-pyrrole nitrogens is 1. The zero-order valence-electron chi connectivity index (χ0n) is 14.5. The Balaban J connectivity index is 1.56. The van der Waals surface area contributed by atoms with Crippen molar-refractivity contribution >= 4 is 39.7 Å². The molecule has 1 aromatic carbocycles. The standard InChI is InChI=1S/C20H18N2O4S/c23-17(24)11-26-13-8-5-12(6-9-13)7-10-16-21-19(25)18-14-3-1-2-4-15(14)27-20(18)22-16/h5-10H,1-4,11H2,(H,23,24)(H,21,22,25)/b10-7+. The SMILES string of the molecule is O=C(O)COc1ccc(/C=C/c2nc3sc4c(c3c(=O)[nH]2)CCCC4)cc1. The molecule has 0 atom stereocenters. The van der Waals surface area contributed by atoms with Crippen LogP contribution in [0.15, 0.2) is 29.1 Å². The smallest absolute Gasteiger partial charge is 0.341 e. The Morgan fingerprint density at radius 3 is 2.78 bits per heavy atom.